The van der Waals surface area contributed by atoms with Gasteiger partial charge in [0.1, 0.15) is 12.4 Å². The average Bonchev–Trinajstić information content (AvgIpc) is 2.76. The topological polar surface area (TPSA) is 46.9 Å². The summed E-state index contributed by atoms with van der Waals surface area (Å²) in [5.74, 6) is 1.76. The van der Waals surface area contributed by atoms with Crippen molar-refractivity contribution >= 4 is 16.9 Å². The van der Waals surface area contributed by atoms with E-state index in [0.29, 0.717) is 24.9 Å². The predicted molar refractivity (Wildman–Crippen MR) is 81.7 cm³/mol. The maximum absolute atomic E-state index is 12.1. The summed E-state index contributed by atoms with van der Waals surface area (Å²) in [4.78, 5) is 16.7. The van der Waals surface area contributed by atoms with Crippen LogP contribution >= 0.6 is 0 Å². The highest BCUT2D eigenvalue weighted by molar-refractivity contribution is 5.81. The van der Waals surface area contributed by atoms with Gasteiger partial charge in [0, 0.05) is 12.5 Å². The molecule has 1 aromatic carbocycles. The second kappa shape index (κ2) is 6.07. The van der Waals surface area contributed by atoms with Crippen LogP contribution in [-0.2, 0) is 11.3 Å². The number of nitrogens with zero attached hydrogens (tertiary/aromatic N) is 2. The van der Waals surface area contributed by atoms with Crippen molar-refractivity contribution in [3.63, 3.8) is 0 Å². The first-order valence-corrected chi connectivity index (χ1v) is 7.21. The summed E-state index contributed by atoms with van der Waals surface area (Å²) < 4.78 is 2.02. The van der Waals surface area contributed by atoms with E-state index < -0.39 is 0 Å². The summed E-state index contributed by atoms with van der Waals surface area (Å²) in [5.41, 5.74) is 1.98. The molecule has 0 radical (unpaired) electrons. The fourth-order valence-electron chi connectivity index (χ4n) is 2.22. The SMILES string of the molecule is CC(C)CNC(=O)Cn1c(C(C)C)nc2ccccc21. The monoisotopic (exact) mass is 273 g/mol. The predicted octanol–water partition coefficient (Wildman–Crippen LogP) is 2.93. The number of hydrogen-bond acceptors (Lipinski definition) is 2. The van der Waals surface area contributed by atoms with Crippen molar-refractivity contribution in [3.05, 3.63) is 30.1 Å². The number of hydrogen-bond donors (Lipinski definition) is 1. The number of rotatable bonds is 5. The Labute approximate surface area is 120 Å². The summed E-state index contributed by atoms with van der Waals surface area (Å²) >= 11 is 0. The highest BCUT2D eigenvalue weighted by atomic mass is 16.1. The molecule has 0 bridgehead atoms. The van der Waals surface area contributed by atoms with E-state index in [0.717, 1.165) is 16.9 Å². The fourth-order valence-corrected chi connectivity index (χ4v) is 2.22. The van der Waals surface area contributed by atoms with Crippen molar-refractivity contribution in [3.8, 4) is 0 Å². The molecule has 20 heavy (non-hydrogen) atoms. The molecular weight excluding hydrogens is 250 g/mol. The molecule has 4 heteroatoms. The van der Waals surface area contributed by atoms with Gasteiger partial charge in [-0.2, -0.15) is 0 Å². The molecule has 1 aromatic heterocycles. The maximum Gasteiger partial charge on any atom is 0.240 e. The Morgan fingerprint density at radius 3 is 2.60 bits per heavy atom. The maximum atomic E-state index is 12.1. The lowest BCUT2D eigenvalue weighted by Crippen LogP contribution is -2.31. The van der Waals surface area contributed by atoms with Crippen LogP contribution in [0.2, 0.25) is 0 Å². The van der Waals surface area contributed by atoms with Gasteiger partial charge in [0.05, 0.1) is 11.0 Å². The van der Waals surface area contributed by atoms with E-state index >= 15 is 0 Å². The Bertz CT molecular complexity index is 599. The van der Waals surface area contributed by atoms with Gasteiger partial charge in [-0.3, -0.25) is 4.79 Å². The number of nitrogens with one attached hydrogen (secondary N) is 1. The second-order valence-corrected chi connectivity index (χ2v) is 5.90. The number of aromatic nitrogens is 2. The minimum atomic E-state index is 0.0451. The average molecular weight is 273 g/mol. The zero-order chi connectivity index (χ0) is 14.7. The van der Waals surface area contributed by atoms with Crippen LogP contribution in [0.3, 0.4) is 0 Å². The number of benzene rings is 1. The molecule has 0 spiro atoms. The van der Waals surface area contributed by atoms with Gasteiger partial charge in [0.25, 0.3) is 0 Å². The van der Waals surface area contributed by atoms with Crippen LogP contribution in [0.15, 0.2) is 24.3 Å². The van der Waals surface area contributed by atoms with Crippen LogP contribution in [0.4, 0.5) is 0 Å². The molecule has 0 unspecified atom stereocenters. The summed E-state index contributed by atoms with van der Waals surface area (Å²) in [5, 5.41) is 2.96. The van der Waals surface area contributed by atoms with Gasteiger partial charge in [0.2, 0.25) is 5.91 Å². The van der Waals surface area contributed by atoms with E-state index in [9.17, 15) is 4.79 Å². The van der Waals surface area contributed by atoms with E-state index in [2.05, 4.69) is 38.0 Å². The largest absolute Gasteiger partial charge is 0.354 e. The van der Waals surface area contributed by atoms with Crippen LogP contribution in [-0.4, -0.2) is 22.0 Å². The quantitative estimate of drug-likeness (QED) is 0.910. The molecule has 2 rings (SSSR count). The smallest absolute Gasteiger partial charge is 0.240 e. The summed E-state index contributed by atoms with van der Waals surface area (Å²) in [7, 11) is 0. The van der Waals surface area contributed by atoms with E-state index in [4.69, 9.17) is 0 Å². The summed E-state index contributed by atoms with van der Waals surface area (Å²) in [6, 6.07) is 7.97. The standard InChI is InChI=1S/C16H23N3O/c1-11(2)9-17-15(20)10-19-14-8-6-5-7-13(14)18-16(19)12(3)4/h5-8,11-12H,9-10H2,1-4H3,(H,17,20). The Morgan fingerprint density at radius 1 is 1.25 bits per heavy atom. The first-order chi connectivity index (χ1) is 9.49. The normalized spacial score (nSPS) is 11.5. The second-order valence-electron chi connectivity index (χ2n) is 5.90. The first kappa shape index (κ1) is 14.6. The number of fused-ring (bicyclic) bond motifs is 1. The van der Waals surface area contributed by atoms with Gasteiger partial charge in [-0.05, 0) is 18.1 Å². The van der Waals surface area contributed by atoms with Crippen molar-refractivity contribution in [2.75, 3.05) is 6.54 Å². The van der Waals surface area contributed by atoms with Gasteiger partial charge in [-0.25, -0.2) is 4.98 Å². The molecule has 0 aliphatic heterocycles. The zero-order valence-corrected chi connectivity index (χ0v) is 12.7. The molecule has 2 aromatic rings. The molecule has 1 heterocycles. The first-order valence-electron chi connectivity index (χ1n) is 7.21. The lowest BCUT2D eigenvalue weighted by Gasteiger charge is -2.12. The number of carbonyl (C=O) groups excluding carboxylic acids is 1. The summed E-state index contributed by atoms with van der Waals surface area (Å²) in [6.07, 6.45) is 0. The Morgan fingerprint density at radius 2 is 1.95 bits per heavy atom. The lowest BCUT2D eigenvalue weighted by atomic mass is 10.2. The van der Waals surface area contributed by atoms with Gasteiger partial charge >= 0.3 is 0 Å². The van der Waals surface area contributed by atoms with Crippen LogP contribution in [0.1, 0.15) is 39.4 Å². The third kappa shape index (κ3) is 3.18. The molecule has 1 N–H and O–H groups in total. The van der Waals surface area contributed by atoms with Gasteiger partial charge in [0.15, 0.2) is 0 Å². The van der Waals surface area contributed by atoms with Crippen LogP contribution in [0.5, 0.6) is 0 Å². The molecule has 0 fully saturated rings. The Hall–Kier alpha value is -1.84. The van der Waals surface area contributed by atoms with Crippen molar-refractivity contribution in [1.82, 2.24) is 14.9 Å². The Balaban J connectivity index is 2.27. The number of para-hydroxylation sites is 2. The summed E-state index contributed by atoms with van der Waals surface area (Å²) in [6.45, 7) is 9.43. The molecule has 0 saturated heterocycles. The van der Waals surface area contributed by atoms with Crippen molar-refractivity contribution in [2.45, 2.75) is 40.2 Å². The van der Waals surface area contributed by atoms with Gasteiger partial charge in [-0.1, -0.05) is 39.8 Å². The number of amides is 1. The fraction of sp³-hybridized carbons (Fsp3) is 0.500. The number of carbonyl (C=O) groups is 1. The van der Waals surface area contributed by atoms with E-state index in [1.165, 1.54) is 0 Å². The van der Waals surface area contributed by atoms with Crippen molar-refractivity contribution in [2.24, 2.45) is 5.92 Å². The van der Waals surface area contributed by atoms with Crippen molar-refractivity contribution < 1.29 is 4.79 Å². The van der Waals surface area contributed by atoms with Gasteiger partial charge < -0.3 is 9.88 Å². The zero-order valence-electron chi connectivity index (χ0n) is 12.7. The minimum Gasteiger partial charge on any atom is -0.354 e. The molecule has 0 atom stereocenters. The molecule has 0 aliphatic rings. The van der Waals surface area contributed by atoms with Crippen LogP contribution in [0, 0.1) is 5.92 Å². The molecule has 0 saturated carbocycles. The highest BCUT2D eigenvalue weighted by Crippen LogP contribution is 2.21. The highest BCUT2D eigenvalue weighted by Gasteiger charge is 2.15. The van der Waals surface area contributed by atoms with Crippen LogP contribution < -0.4 is 5.32 Å². The number of imidazole rings is 1. The van der Waals surface area contributed by atoms with Crippen LogP contribution in [0.25, 0.3) is 11.0 Å². The van der Waals surface area contributed by atoms with E-state index in [1.54, 1.807) is 0 Å². The third-order valence-corrected chi connectivity index (χ3v) is 3.21. The molecular formula is C16H23N3O. The van der Waals surface area contributed by atoms with Crippen molar-refractivity contribution in [1.29, 1.82) is 0 Å². The molecule has 4 nitrogen and oxygen atoms in total. The van der Waals surface area contributed by atoms with E-state index in [-0.39, 0.29) is 5.91 Å². The third-order valence-electron chi connectivity index (χ3n) is 3.21. The minimum absolute atomic E-state index is 0.0451. The van der Waals surface area contributed by atoms with E-state index in [1.807, 2.05) is 28.8 Å². The molecule has 108 valence electrons. The Kier molecular flexibility index (Phi) is 4.42. The lowest BCUT2D eigenvalue weighted by molar-refractivity contribution is -0.121. The molecule has 0 aliphatic carbocycles. The van der Waals surface area contributed by atoms with Gasteiger partial charge in [-0.15, -0.1) is 0 Å². The molecule has 1 amide bonds.